The fourth-order valence-electron chi connectivity index (χ4n) is 2.27. The minimum absolute atomic E-state index is 0.0657. The number of nitrogens with zero attached hydrogens (tertiary/aromatic N) is 2. The monoisotopic (exact) mass is 278 g/mol. The molecule has 0 aliphatic carbocycles. The highest BCUT2D eigenvalue weighted by Gasteiger charge is 2.46. The molecule has 2 heterocycles. The maximum absolute atomic E-state index is 11.9. The molecule has 2 aliphatic rings. The number of urea groups is 1. The molecule has 0 radical (unpaired) electrons. The van der Waals surface area contributed by atoms with E-state index in [1.807, 2.05) is 13.8 Å². The summed E-state index contributed by atoms with van der Waals surface area (Å²) in [6, 6.07) is -0.0858. The van der Waals surface area contributed by atoms with E-state index in [0.29, 0.717) is 18.8 Å². The third-order valence-electron chi connectivity index (χ3n) is 3.19. The topological polar surface area (TPSA) is 83.0 Å². The Morgan fingerprint density at radius 3 is 2.95 bits per heavy atom. The first kappa shape index (κ1) is 14.2. The zero-order valence-electron chi connectivity index (χ0n) is 11.5. The molecule has 0 bridgehead atoms. The maximum Gasteiger partial charge on any atom is 0.317 e. The average molecular weight is 278 g/mol. The summed E-state index contributed by atoms with van der Waals surface area (Å²) in [5.74, 6) is 1.81. The molecular formula is C13H18N4O3. The Hall–Kier alpha value is -2.23. The van der Waals surface area contributed by atoms with Crippen LogP contribution in [0.2, 0.25) is 0 Å². The highest BCUT2D eigenvalue weighted by Crippen LogP contribution is 2.27. The van der Waals surface area contributed by atoms with Crippen LogP contribution < -0.4 is 10.6 Å². The van der Waals surface area contributed by atoms with Gasteiger partial charge in [-0.25, -0.2) is 4.79 Å². The first-order chi connectivity index (χ1) is 9.52. The van der Waals surface area contributed by atoms with E-state index in [9.17, 15) is 9.59 Å². The Labute approximate surface area is 117 Å². The van der Waals surface area contributed by atoms with Crippen molar-refractivity contribution in [1.29, 1.82) is 0 Å². The van der Waals surface area contributed by atoms with E-state index < -0.39 is 0 Å². The molecule has 2 unspecified atom stereocenters. The SMILES string of the molecule is C#CCNC(=O)C1=NOC2CN(C(=O)NC(C)C)CC12. The Morgan fingerprint density at radius 1 is 1.55 bits per heavy atom. The van der Waals surface area contributed by atoms with Gasteiger partial charge in [-0.2, -0.15) is 0 Å². The van der Waals surface area contributed by atoms with E-state index in [-0.39, 0.29) is 36.5 Å². The number of terminal acetylenes is 1. The summed E-state index contributed by atoms with van der Waals surface area (Å²) in [5, 5.41) is 9.18. The summed E-state index contributed by atoms with van der Waals surface area (Å²) in [6.45, 7) is 4.79. The lowest BCUT2D eigenvalue weighted by atomic mass is 10.0. The van der Waals surface area contributed by atoms with Crippen LogP contribution in [0.3, 0.4) is 0 Å². The second kappa shape index (κ2) is 5.82. The van der Waals surface area contributed by atoms with Crippen LogP contribution in [0.4, 0.5) is 4.79 Å². The highest BCUT2D eigenvalue weighted by atomic mass is 16.6. The number of rotatable bonds is 3. The molecule has 0 saturated carbocycles. The molecule has 2 rings (SSSR count). The third-order valence-corrected chi connectivity index (χ3v) is 3.19. The molecule has 0 spiro atoms. The lowest BCUT2D eigenvalue weighted by molar-refractivity contribution is -0.114. The van der Waals surface area contributed by atoms with Crippen LogP contribution in [-0.2, 0) is 9.63 Å². The fourth-order valence-corrected chi connectivity index (χ4v) is 2.27. The zero-order valence-corrected chi connectivity index (χ0v) is 11.5. The van der Waals surface area contributed by atoms with Crippen molar-refractivity contribution < 1.29 is 14.4 Å². The normalized spacial score (nSPS) is 23.7. The summed E-state index contributed by atoms with van der Waals surface area (Å²) in [6.07, 6.45) is 4.84. The van der Waals surface area contributed by atoms with Gasteiger partial charge in [0, 0.05) is 12.6 Å². The highest BCUT2D eigenvalue weighted by molar-refractivity contribution is 6.40. The van der Waals surface area contributed by atoms with Crippen LogP contribution in [0, 0.1) is 18.3 Å². The maximum atomic E-state index is 11.9. The standard InChI is InChI=1S/C13H18N4O3/c1-4-5-14-12(18)11-9-6-17(7-10(9)20-16-11)13(19)15-8(2)3/h1,8-10H,5-7H2,2-3H3,(H,14,18)(H,15,19). The van der Waals surface area contributed by atoms with Crippen molar-refractivity contribution in [2.24, 2.45) is 11.1 Å². The summed E-state index contributed by atoms with van der Waals surface area (Å²) < 4.78 is 0. The van der Waals surface area contributed by atoms with Gasteiger partial charge in [0.05, 0.1) is 19.0 Å². The van der Waals surface area contributed by atoms with Gasteiger partial charge in [-0.3, -0.25) is 4.79 Å². The number of carbonyl (C=O) groups excluding carboxylic acids is 2. The van der Waals surface area contributed by atoms with E-state index >= 15 is 0 Å². The average Bonchev–Trinajstić information content (AvgIpc) is 2.94. The molecule has 1 fully saturated rings. The van der Waals surface area contributed by atoms with Crippen molar-refractivity contribution in [1.82, 2.24) is 15.5 Å². The number of hydrogen-bond acceptors (Lipinski definition) is 4. The summed E-state index contributed by atoms with van der Waals surface area (Å²) in [4.78, 5) is 30.7. The Bertz CT molecular complexity index is 480. The Kier molecular flexibility index (Phi) is 4.13. The summed E-state index contributed by atoms with van der Waals surface area (Å²) in [5.41, 5.74) is 0.310. The van der Waals surface area contributed by atoms with Crippen LogP contribution in [0.1, 0.15) is 13.8 Å². The van der Waals surface area contributed by atoms with Gasteiger partial charge < -0.3 is 20.4 Å². The number of amides is 3. The minimum atomic E-state index is -0.332. The van der Waals surface area contributed by atoms with E-state index in [2.05, 4.69) is 21.7 Å². The van der Waals surface area contributed by atoms with Gasteiger partial charge in [0.25, 0.3) is 5.91 Å². The lowest BCUT2D eigenvalue weighted by Crippen LogP contribution is -2.43. The molecule has 1 saturated heterocycles. The molecule has 2 atom stereocenters. The molecular weight excluding hydrogens is 260 g/mol. The lowest BCUT2D eigenvalue weighted by Gasteiger charge is -2.19. The molecule has 0 aromatic rings. The van der Waals surface area contributed by atoms with Gasteiger partial charge in [0.15, 0.2) is 11.8 Å². The number of carbonyl (C=O) groups is 2. The summed E-state index contributed by atoms with van der Waals surface area (Å²) in [7, 11) is 0. The summed E-state index contributed by atoms with van der Waals surface area (Å²) >= 11 is 0. The van der Waals surface area contributed by atoms with Gasteiger partial charge in [-0.05, 0) is 13.8 Å². The number of hydrogen-bond donors (Lipinski definition) is 2. The molecule has 7 heteroatoms. The van der Waals surface area contributed by atoms with Gasteiger partial charge in [0.1, 0.15) is 0 Å². The minimum Gasteiger partial charge on any atom is -0.389 e. The predicted molar refractivity (Wildman–Crippen MR) is 72.9 cm³/mol. The number of nitrogens with one attached hydrogen (secondary N) is 2. The van der Waals surface area contributed by atoms with Gasteiger partial charge in [-0.1, -0.05) is 11.1 Å². The second-order valence-corrected chi connectivity index (χ2v) is 5.12. The molecule has 108 valence electrons. The van der Waals surface area contributed by atoms with Gasteiger partial charge in [-0.15, -0.1) is 6.42 Å². The van der Waals surface area contributed by atoms with E-state index in [1.54, 1.807) is 4.90 Å². The van der Waals surface area contributed by atoms with E-state index in [4.69, 9.17) is 11.3 Å². The van der Waals surface area contributed by atoms with Crippen molar-refractivity contribution in [3.8, 4) is 12.3 Å². The number of likely N-dealkylation sites (tertiary alicyclic amines) is 1. The first-order valence-electron chi connectivity index (χ1n) is 6.53. The number of fused-ring (bicyclic) bond motifs is 1. The quantitative estimate of drug-likeness (QED) is 0.685. The smallest absolute Gasteiger partial charge is 0.317 e. The zero-order chi connectivity index (χ0) is 14.7. The van der Waals surface area contributed by atoms with Crippen LogP contribution in [-0.4, -0.2) is 54.3 Å². The molecule has 20 heavy (non-hydrogen) atoms. The Morgan fingerprint density at radius 2 is 2.30 bits per heavy atom. The molecule has 2 aliphatic heterocycles. The predicted octanol–water partition coefficient (Wildman–Crippen LogP) is -0.460. The molecule has 3 amide bonds. The van der Waals surface area contributed by atoms with Crippen LogP contribution in [0.5, 0.6) is 0 Å². The van der Waals surface area contributed by atoms with Crippen LogP contribution >= 0.6 is 0 Å². The van der Waals surface area contributed by atoms with Crippen molar-refractivity contribution in [3.63, 3.8) is 0 Å². The largest absolute Gasteiger partial charge is 0.389 e. The Balaban J connectivity index is 1.95. The van der Waals surface area contributed by atoms with Crippen LogP contribution in [0.15, 0.2) is 5.16 Å². The van der Waals surface area contributed by atoms with Gasteiger partial charge in [0.2, 0.25) is 0 Å². The van der Waals surface area contributed by atoms with E-state index in [0.717, 1.165) is 0 Å². The first-order valence-corrected chi connectivity index (χ1v) is 6.53. The van der Waals surface area contributed by atoms with Gasteiger partial charge >= 0.3 is 6.03 Å². The van der Waals surface area contributed by atoms with Crippen molar-refractivity contribution in [2.45, 2.75) is 26.0 Å². The van der Waals surface area contributed by atoms with Crippen molar-refractivity contribution >= 4 is 17.6 Å². The molecule has 0 aromatic heterocycles. The molecule has 2 N–H and O–H groups in total. The number of oxime groups is 1. The van der Waals surface area contributed by atoms with Crippen LogP contribution in [0.25, 0.3) is 0 Å². The van der Waals surface area contributed by atoms with E-state index in [1.165, 1.54) is 0 Å². The molecule has 7 nitrogen and oxygen atoms in total. The van der Waals surface area contributed by atoms with Crippen molar-refractivity contribution in [2.75, 3.05) is 19.6 Å². The fraction of sp³-hybridized carbons (Fsp3) is 0.615. The second-order valence-electron chi connectivity index (χ2n) is 5.12. The molecule has 0 aromatic carbocycles. The van der Waals surface area contributed by atoms with Crippen molar-refractivity contribution in [3.05, 3.63) is 0 Å². The third kappa shape index (κ3) is 2.85.